The fourth-order valence-corrected chi connectivity index (χ4v) is 3.10. The van der Waals surface area contributed by atoms with Crippen LogP contribution in [-0.4, -0.2) is 10.9 Å². The van der Waals surface area contributed by atoms with Gasteiger partial charge in [0.15, 0.2) is 0 Å². The van der Waals surface area contributed by atoms with Crippen LogP contribution in [-0.2, 0) is 6.18 Å². The maximum atomic E-state index is 13.0. The van der Waals surface area contributed by atoms with Gasteiger partial charge in [-0.1, -0.05) is 12.1 Å². The lowest BCUT2D eigenvalue weighted by atomic mass is 10.1. The molecule has 2 heterocycles. The Bertz CT molecular complexity index is 889. The van der Waals surface area contributed by atoms with Crippen molar-refractivity contribution in [1.82, 2.24) is 4.98 Å². The lowest BCUT2D eigenvalue weighted by Gasteiger charge is -2.13. The molecule has 23 heavy (non-hydrogen) atoms. The van der Waals surface area contributed by atoms with E-state index in [1.54, 1.807) is 18.3 Å². The zero-order chi connectivity index (χ0) is 16.6. The Labute approximate surface area is 132 Å². The van der Waals surface area contributed by atoms with Gasteiger partial charge in [0, 0.05) is 11.6 Å². The third kappa shape index (κ3) is 2.85. The standard InChI is InChI=1S/C15H10F3N3OS/c16-15(17,18)9-5-1-2-6-10(9)21-13(22)12-11(19)8-4-3-7-20-14(8)23-12/h1-7H,19H2,(H,21,22). The van der Waals surface area contributed by atoms with Gasteiger partial charge in [-0.2, -0.15) is 13.2 Å². The molecule has 3 rings (SSSR count). The summed E-state index contributed by atoms with van der Waals surface area (Å²) in [5.41, 5.74) is 4.89. The Hall–Kier alpha value is -2.61. The number of fused-ring (bicyclic) bond motifs is 1. The van der Waals surface area contributed by atoms with Crippen molar-refractivity contribution < 1.29 is 18.0 Å². The quantitative estimate of drug-likeness (QED) is 0.738. The number of pyridine rings is 1. The number of anilines is 2. The average molecular weight is 337 g/mol. The molecule has 0 aliphatic rings. The van der Waals surface area contributed by atoms with E-state index in [-0.39, 0.29) is 16.3 Å². The van der Waals surface area contributed by atoms with Gasteiger partial charge in [-0.15, -0.1) is 11.3 Å². The van der Waals surface area contributed by atoms with Crippen LogP contribution >= 0.6 is 11.3 Å². The van der Waals surface area contributed by atoms with Crippen LogP contribution in [0.5, 0.6) is 0 Å². The predicted molar refractivity (Wildman–Crippen MR) is 83.4 cm³/mol. The van der Waals surface area contributed by atoms with Crippen molar-refractivity contribution >= 4 is 38.8 Å². The van der Waals surface area contributed by atoms with Crippen molar-refractivity contribution in [3.05, 3.63) is 53.0 Å². The minimum absolute atomic E-state index is 0.135. The number of carbonyl (C=O) groups excluding carboxylic acids is 1. The van der Waals surface area contributed by atoms with Crippen LogP contribution in [0.25, 0.3) is 10.2 Å². The van der Waals surface area contributed by atoms with Gasteiger partial charge in [0.1, 0.15) is 9.71 Å². The summed E-state index contributed by atoms with van der Waals surface area (Å²) >= 11 is 1.04. The molecule has 0 saturated carbocycles. The molecular formula is C15H10F3N3OS. The SMILES string of the molecule is Nc1c(C(=O)Nc2ccccc2C(F)(F)F)sc2ncccc12. The zero-order valence-corrected chi connectivity index (χ0v) is 12.3. The highest BCUT2D eigenvalue weighted by Gasteiger charge is 2.33. The molecule has 0 bridgehead atoms. The molecule has 0 radical (unpaired) electrons. The van der Waals surface area contributed by atoms with Gasteiger partial charge in [-0.3, -0.25) is 4.79 Å². The number of hydrogen-bond acceptors (Lipinski definition) is 4. The van der Waals surface area contributed by atoms with Gasteiger partial charge in [-0.05, 0) is 24.3 Å². The summed E-state index contributed by atoms with van der Waals surface area (Å²) in [4.78, 5) is 17.1. The smallest absolute Gasteiger partial charge is 0.397 e. The van der Waals surface area contributed by atoms with E-state index < -0.39 is 17.6 Å². The average Bonchev–Trinajstić information content (AvgIpc) is 2.84. The largest absolute Gasteiger partial charge is 0.418 e. The number of benzene rings is 1. The first-order valence-electron chi connectivity index (χ1n) is 6.48. The molecule has 0 unspecified atom stereocenters. The molecule has 1 aromatic carbocycles. The number of para-hydroxylation sites is 1. The Balaban J connectivity index is 1.97. The Morgan fingerprint density at radius 3 is 2.61 bits per heavy atom. The lowest BCUT2D eigenvalue weighted by molar-refractivity contribution is -0.136. The van der Waals surface area contributed by atoms with Crippen LogP contribution in [0.2, 0.25) is 0 Å². The van der Waals surface area contributed by atoms with Crippen molar-refractivity contribution in [1.29, 1.82) is 0 Å². The van der Waals surface area contributed by atoms with E-state index in [1.165, 1.54) is 18.2 Å². The van der Waals surface area contributed by atoms with E-state index in [9.17, 15) is 18.0 Å². The minimum atomic E-state index is -4.56. The number of amides is 1. The first-order valence-corrected chi connectivity index (χ1v) is 7.30. The molecule has 0 saturated heterocycles. The van der Waals surface area contributed by atoms with E-state index in [2.05, 4.69) is 10.3 Å². The third-order valence-electron chi connectivity index (χ3n) is 3.19. The molecule has 0 aliphatic carbocycles. The summed E-state index contributed by atoms with van der Waals surface area (Å²) in [6, 6.07) is 8.16. The first kappa shape index (κ1) is 15.3. The number of carbonyl (C=O) groups is 1. The number of alkyl halides is 3. The summed E-state index contributed by atoms with van der Waals surface area (Å²) in [6.45, 7) is 0. The summed E-state index contributed by atoms with van der Waals surface area (Å²) in [5, 5.41) is 2.88. The van der Waals surface area contributed by atoms with Crippen LogP contribution < -0.4 is 11.1 Å². The third-order valence-corrected chi connectivity index (χ3v) is 4.32. The molecule has 3 aromatic rings. The number of rotatable bonds is 2. The fourth-order valence-electron chi connectivity index (χ4n) is 2.14. The van der Waals surface area contributed by atoms with Crippen LogP contribution in [0, 0.1) is 0 Å². The molecule has 1 amide bonds. The van der Waals surface area contributed by atoms with Gasteiger partial charge >= 0.3 is 6.18 Å². The van der Waals surface area contributed by atoms with Crippen molar-refractivity contribution in [2.24, 2.45) is 0 Å². The van der Waals surface area contributed by atoms with Crippen molar-refractivity contribution in [3.8, 4) is 0 Å². The Kier molecular flexibility index (Phi) is 3.69. The molecule has 8 heteroatoms. The summed E-state index contributed by atoms with van der Waals surface area (Å²) in [7, 11) is 0. The maximum absolute atomic E-state index is 13.0. The predicted octanol–water partition coefficient (Wildman–Crippen LogP) is 4.15. The van der Waals surface area contributed by atoms with E-state index >= 15 is 0 Å². The van der Waals surface area contributed by atoms with Gasteiger partial charge in [0.25, 0.3) is 5.91 Å². The number of aromatic nitrogens is 1. The van der Waals surface area contributed by atoms with Gasteiger partial charge in [-0.25, -0.2) is 4.98 Å². The second kappa shape index (κ2) is 5.54. The fraction of sp³-hybridized carbons (Fsp3) is 0.0667. The second-order valence-electron chi connectivity index (χ2n) is 4.70. The summed E-state index contributed by atoms with van der Waals surface area (Å²) < 4.78 is 38.9. The highest BCUT2D eigenvalue weighted by Crippen LogP contribution is 2.36. The molecular weight excluding hydrogens is 327 g/mol. The van der Waals surface area contributed by atoms with Crippen molar-refractivity contribution in [2.45, 2.75) is 6.18 Å². The van der Waals surface area contributed by atoms with Gasteiger partial charge in [0.05, 0.1) is 16.9 Å². The number of hydrogen-bond donors (Lipinski definition) is 2. The molecule has 0 aliphatic heterocycles. The van der Waals surface area contributed by atoms with Crippen LogP contribution in [0.3, 0.4) is 0 Å². The van der Waals surface area contributed by atoms with Crippen LogP contribution in [0.1, 0.15) is 15.2 Å². The lowest BCUT2D eigenvalue weighted by Crippen LogP contribution is -2.16. The number of nitrogens with zero attached hydrogens (tertiary/aromatic N) is 1. The number of thiophene rings is 1. The molecule has 4 nitrogen and oxygen atoms in total. The van der Waals surface area contributed by atoms with E-state index in [4.69, 9.17) is 5.73 Å². The Morgan fingerprint density at radius 1 is 1.17 bits per heavy atom. The van der Waals surface area contributed by atoms with E-state index in [1.807, 2.05) is 0 Å². The highest BCUT2D eigenvalue weighted by molar-refractivity contribution is 7.21. The number of nitrogens with two attached hydrogens (primary N) is 1. The van der Waals surface area contributed by atoms with E-state index in [0.717, 1.165) is 17.4 Å². The van der Waals surface area contributed by atoms with Crippen LogP contribution in [0.15, 0.2) is 42.6 Å². The molecule has 0 spiro atoms. The topological polar surface area (TPSA) is 68.0 Å². The number of halogens is 3. The minimum Gasteiger partial charge on any atom is -0.397 e. The monoisotopic (exact) mass is 337 g/mol. The number of nitrogens with one attached hydrogen (secondary N) is 1. The Morgan fingerprint density at radius 2 is 1.91 bits per heavy atom. The molecule has 0 atom stereocenters. The molecule has 0 fully saturated rings. The van der Waals surface area contributed by atoms with Gasteiger partial charge in [0.2, 0.25) is 0 Å². The molecule has 118 valence electrons. The number of nitrogen functional groups attached to an aromatic ring is 1. The van der Waals surface area contributed by atoms with Gasteiger partial charge < -0.3 is 11.1 Å². The van der Waals surface area contributed by atoms with E-state index in [0.29, 0.717) is 10.2 Å². The first-order chi connectivity index (χ1) is 10.9. The highest BCUT2D eigenvalue weighted by atomic mass is 32.1. The molecule has 2 aromatic heterocycles. The second-order valence-corrected chi connectivity index (χ2v) is 5.70. The van der Waals surface area contributed by atoms with Crippen LogP contribution in [0.4, 0.5) is 24.5 Å². The zero-order valence-electron chi connectivity index (χ0n) is 11.5. The maximum Gasteiger partial charge on any atom is 0.418 e. The van der Waals surface area contributed by atoms with Crippen molar-refractivity contribution in [3.63, 3.8) is 0 Å². The van der Waals surface area contributed by atoms with Crippen molar-refractivity contribution in [2.75, 3.05) is 11.1 Å². The summed E-state index contributed by atoms with van der Waals surface area (Å²) in [5.74, 6) is -0.692. The molecule has 3 N–H and O–H groups in total. The normalized spacial score (nSPS) is 11.6. The summed E-state index contributed by atoms with van der Waals surface area (Å²) in [6.07, 6.45) is -3.00.